The van der Waals surface area contributed by atoms with E-state index in [4.69, 9.17) is 4.52 Å². The summed E-state index contributed by atoms with van der Waals surface area (Å²) in [5, 5.41) is 4.20. The highest BCUT2D eigenvalue weighted by Crippen LogP contribution is 2.30. The molecule has 0 aliphatic carbocycles. The average molecular weight is 349 g/mol. The number of H-pyrrole nitrogens is 1. The Hall–Kier alpha value is -3.15. The first-order valence-corrected chi connectivity index (χ1v) is 8.57. The molecule has 132 valence electrons. The van der Waals surface area contributed by atoms with Crippen LogP contribution in [0.2, 0.25) is 0 Å². The number of hydrogen-bond donors (Lipinski definition) is 1. The number of amides is 1. The Morgan fingerprint density at radius 2 is 2.00 bits per heavy atom. The molecule has 0 fully saturated rings. The van der Waals surface area contributed by atoms with Gasteiger partial charge in [0.05, 0.1) is 6.54 Å². The van der Waals surface area contributed by atoms with Crippen LogP contribution >= 0.6 is 0 Å². The number of rotatable bonds is 2. The number of aryl methyl sites for hydroxylation is 2. The normalized spacial score (nSPS) is 13.5. The number of pyridine rings is 1. The second-order valence-corrected chi connectivity index (χ2v) is 6.60. The highest BCUT2D eigenvalue weighted by atomic mass is 16.5. The zero-order chi connectivity index (χ0) is 18.3. The van der Waals surface area contributed by atoms with Gasteiger partial charge in [0.2, 0.25) is 0 Å². The summed E-state index contributed by atoms with van der Waals surface area (Å²) >= 11 is 0. The lowest BCUT2D eigenvalue weighted by Gasteiger charge is -2.26. The van der Waals surface area contributed by atoms with Crippen molar-refractivity contribution in [2.45, 2.75) is 26.8 Å². The van der Waals surface area contributed by atoms with E-state index in [9.17, 15) is 9.59 Å². The number of nitrogens with zero attached hydrogens (tertiary/aromatic N) is 2. The molecule has 3 aromatic rings. The van der Waals surface area contributed by atoms with Gasteiger partial charge >= 0.3 is 0 Å². The predicted molar refractivity (Wildman–Crippen MR) is 96.9 cm³/mol. The molecular formula is C20H19N3O3. The van der Waals surface area contributed by atoms with Crippen molar-refractivity contribution in [3.8, 4) is 11.3 Å². The molecule has 6 heteroatoms. The number of carbonyl (C=O) groups is 1. The van der Waals surface area contributed by atoms with Crippen molar-refractivity contribution >= 4 is 5.91 Å². The molecule has 1 aliphatic rings. The van der Waals surface area contributed by atoms with Crippen molar-refractivity contribution in [2.24, 2.45) is 0 Å². The molecule has 1 N–H and O–H groups in total. The summed E-state index contributed by atoms with van der Waals surface area (Å²) in [5.74, 6) is 0.544. The fraction of sp³-hybridized carbons (Fsp3) is 0.250. The molecule has 0 spiro atoms. The van der Waals surface area contributed by atoms with E-state index in [1.165, 1.54) is 0 Å². The summed E-state index contributed by atoms with van der Waals surface area (Å²) in [7, 11) is 0. The Morgan fingerprint density at radius 1 is 1.23 bits per heavy atom. The van der Waals surface area contributed by atoms with Gasteiger partial charge in [0.25, 0.3) is 11.5 Å². The maximum atomic E-state index is 12.9. The van der Waals surface area contributed by atoms with Crippen LogP contribution in [0.5, 0.6) is 0 Å². The van der Waals surface area contributed by atoms with Crippen LogP contribution in [0, 0.1) is 13.8 Å². The van der Waals surface area contributed by atoms with Gasteiger partial charge in [-0.3, -0.25) is 9.59 Å². The standard InChI is InChI=1S/C20H19N3O3/c1-12-10-15(19(24)21-13(12)2)20(25)23-9-8-17-16(11-23)18(22-26-17)14-6-4-3-5-7-14/h3-7,10H,8-9,11H2,1-2H3,(H,21,24). The first-order chi connectivity index (χ1) is 12.5. The number of nitrogens with one attached hydrogen (secondary N) is 1. The van der Waals surface area contributed by atoms with Crippen LogP contribution in [0.1, 0.15) is 32.9 Å². The Kier molecular flexibility index (Phi) is 3.95. The van der Waals surface area contributed by atoms with E-state index in [2.05, 4.69) is 10.1 Å². The van der Waals surface area contributed by atoms with E-state index < -0.39 is 0 Å². The van der Waals surface area contributed by atoms with Crippen LogP contribution in [0.15, 0.2) is 45.7 Å². The highest BCUT2D eigenvalue weighted by molar-refractivity contribution is 5.94. The summed E-state index contributed by atoms with van der Waals surface area (Å²) in [6.07, 6.45) is 0.587. The monoisotopic (exact) mass is 349 g/mol. The minimum atomic E-state index is -0.350. The van der Waals surface area contributed by atoms with E-state index in [1.807, 2.05) is 44.2 Å². The summed E-state index contributed by atoms with van der Waals surface area (Å²) < 4.78 is 5.48. The first kappa shape index (κ1) is 16.3. The van der Waals surface area contributed by atoms with E-state index in [-0.39, 0.29) is 17.0 Å². The number of aromatic nitrogens is 2. The van der Waals surface area contributed by atoms with Crippen molar-refractivity contribution in [2.75, 3.05) is 6.54 Å². The summed E-state index contributed by atoms with van der Waals surface area (Å²) in [6, 6.07) is 11.4. The van der Waals surface area contributed by atoms with E-state index in [0.29, 0.717) is 19.5 Å². The number of carbonyl (C=O) groups excluding carboxylic acids is 1. The van der Waals surface area contributed by atoms with E-state index >= 15 is 0 Å². The second kappa shape index (κ2) is 6.29. The number of aromatic amines is 1. The Labute approximate surface area is 150 Å². The van der Waals surface area contributed by atoms with Gasteiger partial charge in [-0.25, -0.2) is 0 Å². The number of fused-ring (bicyclic) bond motifs is 1. The summed E-state index contributed by atoms with van der Waals surface area (Å²) in [5.41, 5.74) is 4.12. The van der Waals surface area contributed by atoms with E-state index in [1.54, 1.807) is 11.0 Å². The molecule has 1 aliphatic heterocycles. The van der Waals surface area contributed by atoms with Gasteiger partial charge in [-0.2, -0.15) is 0 Å². The van der Waals surface area contributed by atoms with Crippen molar-refractivity contribution in [3.05, 3.63) is 74.9 Å². The lowest BCUT2D eigenvalue weighted by Crippen LogP contribution is -2.38. The van der Waals surface area contributed by atoms with E-state index in [0.717, 1.165) is 33.8 Å². The maximum Gasteiger partial charge on any atom is 0.261 e. The molecule has 2 aromatic heterocycles. The van der Waals surface area contributed by atoms with Gasteiger partial charge in [0, 0.05) is 29.8 Å². The minimum absolute atomic E-state index is 0.175. The molecule has 0 bridgehead atoms. The maximum absolute atomic E-state index is 12.9. The van der Waals surface area contributed by atoms with Gasteiger partial charge in [0.15, 0.2) is 0 Å². The Morgan fingerprint density at radius 3 is 2.77 bits per heavy atom. The predicted octanol–water partition coefficient (Wildman–Crippen LogP) is 2.85. The molecule has 0 saturated carbocycles. The van der Waals surface area contributed by atoms with Crippen molar-refractivity contribution in [3.63, 3.8) is 0 Å². The molecule has 4 rings (SSSR count). The molecule has 0 atom stereocenters. The third kappa shape index (κ3) is 2.73. The van der Waals surface area contributed by atoms with Crippen LogP contribution in [-0.2, 0) is 13.0 Å². The zero-order valence-electron chi connectivity index (χ0n) is 14.7. The van der Waals surface area contributed by atoms with Crippen LogP contribution < -0.4 is 5.56 Å². The SMILES string of the molecule is Cc1cc(C(=O)N2CCc3onc(-c4ccccc4)c3C2)c(=O)[nH]c1C. The molecule has 3 heterocycles. The van der Waals surface area contributed by atoms with Crippen LogP contribution in [0.3, 0.4) is 0 Å². The lowest BCUT2D eigenvalue weighted by molar-refractivity contribution is 0.0727. The van der Waals surface area contributed by atoms with Crippen LogP contribution in [0.25, 0.3) is 11.3 Å². The smallest absolute Gasteiger partial charge is 0.261 e. The van der Waals surface area contributed by atoms with Gasteiger partial charge in [-0.1, -0.05) is 35.5 Å². The quantitative estimate of drug-likeness (QED) is 0.771. The summed E-state index contributed by atoms with van der Waals surface area (Å²) in [6.45, 7) is 4.58. The molecule has 1 amide bonds. The van der Waals surface area contributed by atoms with Gasteiger partial charge in [-0.05, 0) is 25.5 Å². The fourth-order valence-corrected chi connectivity index (χ4v) is 3.26. The van der Waals surface area contributed by atoms with Crippen LogP contribution in [0.4, 0.5) is 0 Å². The molecule has 0 radical (unpaired) electrons. The molecule has 6 nitrogen and oxygen atoms in total. The highest BCUT2D eigenvalue weighted by Gasteiger charge is 2.29. The van der Waals surface area contributed by atoms with Gasteiger partial charge < -0.3 is 14.4 Å². The Balaban J connectivity index is 1.67. The molecule has 26 heavy (non-hydrogen) atoms. The molecule has 1 aromatic carbocycles. The fourth-order valence-electron chi connectivity index (χ4n) is 3.26. The Bertz CT molecular complexity index is 1030. The zero-order valence-corrected chi connectivity index (χ0v) is 14.7. The molecule has 0 saturated heterocycles. The largest absolute Gasteiger partial charge is 0.360 e. The average Bonchev–Trinajstić information content (AvgIpc) is 3.08. The third-order valence-corrected chi connectivity index (χ3v) is 4.89. The molecule has 0 unspecified atom stereocenters. The number of hydrogen-bond acceptors (Lipinski definition) is 4. The van der Waals surface area contributed by atoms with Crippen LogP contribution in [-0.4, -0.2) is 27.5 Å². The second-order valence-electron chi connectivity index (χ2n) is 6.60. The topological polar surface area (TPSA) is 79.2 Å². The summed E-state index contributed by atoms with van der Waals surface area (Å²) in [4.78, 5) is 29.6. The number of benzene rings is 1. The van der Waals surface area contributed by atoms with Crippen molar-refractivity contribution < 1.29 is 9.32 Å². The van der Waals surface area contributed by atoms with Gasteiger partial charge in [-0.15, -0.1) is 0 Å². The molecular weight excluding hydrogens is 330 g/mol. The van der Waals surface area contributed by atoms with Crippen molar-refractivity contribution in [1.82, 2.24) is 15.0 Å². The lowest BCUT2D eigenvalue weighted by atomic mass is 10.0. The van der Waals surface area contributed by atoms with Crippen molar-refractivity contribution in [1.29, 1.82) is 0 Å². The van der Waals surface area contributed by atoms with Gasteiger partial charge in [0.1, 0.15) is 17.0 Å². The minimum Gasteiger partial charge on any atom is -0.360 e. The third-order valence-electron chi connectivity index (χ3n) is 4.89. The first-order valence-electron chi connectivity index (χ1n) is 8.57.